The highest BCUT2D eigenvalue weighted by molar-refractivity contribution is 4.97. The van der Waals surface area contributed by atoms with Gasteiger partial charge in [-0.2, -0.15) is 0 Å². The van der Waals surface area contributed by atoms with Gasteiger partial charge in [0.05, 0.1) is 0 Å². The lowest BCUT2D eigenvalue weighted by Crippen LogP contribution is -2.56. The summed E-state index contributed by atoms with van der Waals surface area (Å²) in [6, 6.07) is 1.46. The smallest absolute Gasteiger partial charge is 0.0219 e. The second-order valence-electron chi connectivity index (χ2n) is 5.65. The van der Waals surface area contributed by atoms with Crippen LogP contribution in [-0.2, 0) is 0 Å². The Labute approximate surface area is 94.4 Å². The van der Waals surface area contributed by atoms with Crippen molar-refractivity contribution in [1.82, 2.24) is 10.2 Å². The van der Waals surface area contributed by atoms with Crippen LogP contribution in [0.1, 0.15) is 46.5 Å². The van der Waals surface area contributed by atoms with Crippen molar-refractivity contribution in [3.63, 3.8) is 0 Å². The summed E-state index contributed by atoms with van der Waals surface area (Å²) >= 11 is 0. The van der Waals surface area contributed by atoms with Crippen LogP contribution in [0.4, 0.5) is 0 Å². The SMILES string of the molecule is CCC1CNC(C)CN1CC1(CC)CC1. The van der Waals surface area contributed by atoms with E-state index in [1.807, 2.05) is 0 Å². The van der Waals surface area contributed by atoms with Gasteiger partial charge in [-0.3, -0.25) is 4.90 Å². The largest absolute Gasteiger partial charge is 0.311 e. The Morgan fingerprint density at radius 2 is 2.07 bits per heavy atom. The summed E-state index contributed by atoms with van der Waals surface area (Å²) in [5.74, 6) is 0. The average Bonchev–Trinajstić information content (AvgIpc) is 2.99. The van der Waals surface area contributed by atoms with E-state index >= 15 is 0 Å². The molecule has 1 aliphatic heterocycles. The molecule has 15 heavy (non-hydrogen) atoms. The van der Waals surface area contributed by atoms with Gasteiger partial charge in [0.2, 0.25) is 0 Å². The summed E-state index contributed by atoms with van der Waals surface area (Å²) in [7, 11) is 0. The average molecular weight is 210 g/mol. The van der Waals surface area contributed by atoms with Crippen LogP contribution in [0.15, 0.2) is 0 Å². The molecule has 0 aromatic carbocycles. The molecular weight excluding hydrogens is 184 g/mol. The maximum absolute atomic E-state index is 3.60. The number of hydrogen-bond donors (Lipinski definition) is 1. The Morgan fingerprint density at radius 3 is 2.60 bits per heavy atom. The van der Waals surface area contributed by atoms with Gasteiger partial charge >= 0.3 is 0 Å². The number of piperazine rings is 1. The van der Waals surface area contributed by atoms with Crippen LogP contribution in [0, 0.1) is 5.41 Å². The van der Waals surface area contributed by atoms with Crippen LogP contribution in [0.2, 0.25) is 0 Å². The zero-order valence-corrected chi connectivity index (χ0v) is 10.6. The number of hydrogen-bond acceptors (Lipinski definition) is 2. The molecule has 88 valence electrons. The molecule has 0 amide bonds. The molecular formula is C13H26N2. The fourth-order valence-electron chi connectivity index (χ4n) is 2.86. The highest BCUT2D eigenvalue weighted by Gasteiger charge is 2.43. The molecule has 2 rings (SSSR count). The van der Waals surface area contributed by atoms with Gasteiger partial charge in [0.15, 0.2) is 0 Å². The quantitative estimate of drug-likeness (QED) is 0.765. The Balaban J connectivity index is 1.92. The summed E-state index contributed by atoms with van der Waals surface area (Å²) < 4.78 is 0. The minimum atomic E-state index is 0.681. The van der Waals surface area contributed by atoms with Crippen molar-refractivity contribution in [1.29, 1.82) is 0 Å². The molecule has 2 aliphatic rings. The van der Waals surface area contributed by atoms with E-state index in [0.29, 0.717) is 11.5 Å². The van der Waals surface area contributed by atoms with Crippen LogP contribution >= 0.6 is 0 Å². The van der Waals surface area contributed by atoms with Gasteiger partial charge in [0.1, 0.15) is 0 Å². The van der Waals surface area contributed by atoms with Crippen LogP contribution in [0.25, 0.3) is 0 Å². The van der Waals surface area contributed by atoms with Crippen LogP contribution in [0.3, 0.4) is 0 Å². The maximum Gasteiger partial charge on any atom is 0.0219 e. The first-order valence-electron chi connectivity index (χ1n) is 6.66. The first-order valence-corrected chi connectivity index (χ1v) is 6.66. The number of rotatable bonds is 4. The van der Waals surface area contributed by atoms with Gasteiger partial charge in [0.25, 0.3) is 0 Å². The molecule has 1 heterocycles. The summed E-state index contributed by atoms with van der Waals surface area (Å²) in [6.45, 7) is 10.8. The third kappa shape index (κ3) is 2.54. The Hall–Kier alpha value is -0.0800. The molecule has 0 aromatic rings. The first kappa shape index (κ1) is 11.4. The molecule has 2 nitrogen and oxygen atoms in total. The molecule has 0 aromatic heterocycles. The van der Waals surface area contributed by atoms with E-state index in [9.17, 15) is 0 Å². The highest BCUT2D eigenvalue weighted by Crippen LogP contribution is 2.49. The van der Waals surface area contributed by atoms with Crippen molar-refractivity contribution in [2.24, 2.45) is 5.41 Å². The van der Waals surface area contributed by atoms with E-state index in [2.05, 4.69) is 31.0 Å². The van der Waals surface area contributed by atoms with Gasteiger partial charge < -0.3 is 5.32 Å². The van der Waals surface area contributed by atoms with Gasteiger partial charge in [-0.05, 0) is 38.0 Å². The van der Waals surface area contributed by atoms with Gasteiger partial charge in [-0.1, -0.05) is 13.8 Å². The normalized spacial score (nSPS) is 35.4. The van der Waals surface area contributed by atoms with E-state index < -0.39 is 0 Å². The molecule has 1 saturated carbocycles. The third-order valence-electron chi connectivity index (χ3n) is 4.44. The number of nitrogens with one attached hydrogen (secondary N) is 1. The van der Waals surface area contributed by atoms with Crippen molar-refractivity contribution >= 4 is 0 Å². The van der Waals surface area contributed by atoms with E-state index in [0.717, 1.165) is 6.04 Å². The Morgan fingerprint density at radius 1 is 1.33 bits per heavy atom. The zero-order valence-electron chi connectivity index (χ0n) is 10.6. The fraction of sp³-hybridized carbons (Fsp3) is 1.00. The van der Waals surface area contributed by atoms with Crippen molar-refractivity contribution in [2.45, 2.75) is 58.5 Å². The zero-order chi connectivity index (χ0) is 10.9. The van der Waals surface area contributed by atoms with E-state index in [4.69, 9.17) is 0 Å². The van der Waals surface area contributed by atoms with Crippen LogP contribution in [-0.4, -0.2) is 36.6 Å². The monoisotopic (exact) mass is 210 g/mol. The second-order valence-corrected chi connectivity index (χ2v) is 5.65. The maximum atomic E-state index is 3.60. The van der Waals surface area contributed by atoms with Crippen molar-refractivity contribution < 1.29 is 0 Å². The fourth-order valence-corrected chi connectivity index (χ4v) is 2.86. The minimum Gasteiger partial charge on any atom is -0.311 e. The molecule has 2 atom stereocenters. The second kappa shape index (κ2) is 4.42. The molecule has 2 unspecified atom stereocenters. The Bertz CT molecular complexity index is 211. The molecule has 1 aliphatic carbocycles. The summed E-state index contributed by atoms with van der Waals surface area (Å²) in [5, 5.41) is 3.60. The van der Waals surface area contributed by atoms with E-state index in [1.165, 1.54) is 45.3 Å². The van der Waals surface area contributed by atoms with Crippen molar-refractivity contribution in [3.05, 3.63) is 0 Å². The molecule has 0 radical (unpaired) electrons. The standard InChI is InChI=1S/C13H26N2/c1-4-12-8-14-11(3)9-15(12)10-13(5-2)6-7-13/h11-12,14H,4-10H2,1-3H3. The number of nitrogens with zero attached hydrogens (tertiary/aromatic N) is 1. The molecule has 2 heteroatoms. The molecule has 0 spiro atoms. The van der Waals surface area contributed by atoms with Crippen molar-refractivity contribution in [3.8, 4) is 0 Å². The van der Waals surface area contributed by atoms with Gasteiger partial charge in [0, 0.05) is 31.7 Å². The summed E-state index contributed by atoms with van der Waals surface area (Å²) in [4.78, 5) is 2.75. The van der Waals surface area contributed by atoms with Gasteiger partial charge in [-0.15, -0.1) is 0 Å². The molecule has 1 N–H and O–H groups in total. The topological polar surface area (TPSA) is 15.3 Å². The van der Waals surface area contributed by atoms with Crippen LogP contribution < -0.4 is 5.32 Å². The Kier molecular flexibility index (Phi) is 3.36. The predicted octanol–water partition coefficient (Wildman–Crippen LogP) is 2.25. The molecule has 1 saturated heterocycles. The summed E-state index contributed by atoms with van der Waals surface area (Å²) in [6.07, 6.45) is 5.61. The van der Waals surface area contributed by atoms with Gasteiger partial charge in [-0.25, -0.2) is 0 Å². The minimum absolute atomic E-state index is 0.681. The first-order chi connectivity index (χ1) is 7.19. The van der Waals surface area contributed by atoms with E-state index in [1.54, 1.807) is 0 Å². The lowest BCUT2D eigenvalue weighted by molar-refractivity contribution is 0.104. The lowest BCUT2D eigenvalue weighted by atomic mass is 9.99. The third-order valence-corrected chi connectivity index (χ3v) is 4.44. The van der Waals surface area contributed by atoms with Crippen LogP contribution in [0.5, 0.6) is 0 Å². The lowest BCUT2D eigenvalue weighted by Gasteiger charge is -2.41. The van der Waals surface area contributed by atoms with Crippen molar-refractivity contribution in [2.75, 3.05) is 19.6 Å². The summed E-state index contributed by atoms with van der Waals surface area (Å²) in [5.41, 5.74) is 0.713. The predicted molar refractivity (Wildman–Crippen MR) is 65.1 cm³/mol. The molecule has 2 fully saturated rings. The van der Waals surface area contributed by atoms with E-state index in [-0.39, 0.29) is 0 Å². The molecule has 0 bridgehead atoms. The highest BCUT2D eigenvalue weighted by atomic mass is 15.2.